The molecule has 0 fully saturated rings. The van der Waals surface area contributed by atoms with Crippen molar-refractivity contribution in [1.29, 1.82) is 0 Å². The van der Waals surface area contributed by atoms with Gasteiger partial charge in [0.1, 0.15) is 0 Å². The second kappa shape index (κ2) is 5.65. The minimum Gasteiger partial charge on any atom is -0.460 e. The Morgan fingerprint density at radius 2 is 2.10 bits per heavy atom. The number of aryl methyl sites for hydroxylation is 1. The first-order valence-corrected chi connectivity index (χ1v) is 8.10. The van der Waals surface area contributed by atoms with E-state index in [1.54, 1.807) is 26.1 Å². The van der Waals surface area contributed by atoms with Gasteiger partial charge in [-0.25, -0.2) is 22.9 Å². The first kappa shape index (κ1) is 15.2. The number of esters is 1. The summed E-state index contributed by atoms with van der Waals surface area (Å²) in [5.74, 6) is -0.277. The number of aromatic nitrogens is 3. The second-order valence-corrected chi connectivity index (χ2v) is 6.42. The lowest BCUT2D eigenvalue weighted by atomic mass is 10.2. The van der Waals surface area contributed by atoms with Gasteiger partial charge in [0.2, 0.25) is 0 Å². The summed E-state index contributed by atoms with van der Waals surface area (Å²) in [7, 11) is -1.69. The molecule has 0 aliphatic heterocycles. The summed E-state index contributed by atoms with van der Waals surface area (Å²) >= 11 is 0. The lowest BCUT2D eigenvalue weighted by Gasteiger charge is -2.02. The number of ether oxygens (including phenoxy) is 1. The first-order chi connectivity index (χ1) is 9.82. The van der Waals surface area contributed by atoms with Crippen LogP contribution >= 0.6 is 0 Å². The molecule has 0 unspecified atom stereocenters. The highest BCUT2D eigenvalue weighted by Crippen LogP contribution is 2.20. The van der Waals surface area contributed by atoms with Gasteiger partial charge in [0.15, 0.2) is 15.7 Å². The number of sulfone groups is 1. The SMILES string of the molecule is CCOC(=O)c1nc(-c2cccc(S(C)(=O)=O)c2)n(C)n1. The molecular formula is C13H15N3O4S. The van der Waals surface area contributed by atoms with Gasteiger partial charge in [-0.1, -0.05) is 12.1 Å². The van der Waals surface area contributed by atoms with Crippen LogP contribution in [0.5, 0.6) is 0 Å². The summed E-state index contributed by atoms with van der Waals surface area (Å²) in [6, 6.07) is 6.31. The van der Waals surface area contributed by atoms with Crippen molar-refractivity contribution in [1.82, 2.24) is 14.8 Å². The topological polar surface area (TPSA) is 91.1 Å². The molecule has 0 saturated heterocycles. The van der Waals surface area contributed by atoms with E-state index in [0.717, 1.165) is 6.26 Å². The van der Waals surface area contributed by atoms with E-state index in [0.29, 0.717) is 11.4 Å². The molecule has 1 aromatic heterocycles. The smallest absolute Gasteiger partial charge is 0.378 e. The van der Waals surface area contributed by atoms with E-state index < -0.39 is 15.8 Å². The Hall–Kier alpha value is -2.22. The van der Waals surface area contributed by atoms with Crippen molar-refractivity contribution in [2.75, 3.05) is 12.9 Å². The maximum atomic E-state index is 11.6. The standard InChI is InChI=1S/C13H15N3O4S/c1-4-20-13(17)11-14-12(16(2)15-11)9-6-5-7-10(8-9)21(3,18)19/h5-8H,4H2,1-3H3. The third-order valence-corrected chi connectivity index (χ3v) is 3.85. The average Bonchev–Trinajstić information content (AvgIpc) is 2.80. The Morgan fingerprint density at radius 3 is 2.71 bits per heavy atom. The van der Waals surface area contributed by atoms with Crippen LogP contribution in [0, 0.1) is 0 Å². The molecule has 7 nitrogen and oxygen atoms in total. The highest BCUT2D eigenvalue weighted by molar-refractivity contribution is 7.90. The van der Waals surface area contributed by atoms with Gasteiger partial charge in [0.05, 0.1) is 11.5 Å². The summed E-state index contributed by atoms with van der Waals surface area (Å²) in [6.45, 7) is 1.92. The van der Waals surface area contributed by atoms with Gasteiger partial charge in [-0.05, 0) is 19.1 Å². The molecule has 112 valence electrons. The summed E-state index contributed by atoms with van der Waals surface area (Å²) in [6.07, 6.45) is 1.13. The van der Waals surface area contributed by atoms with Crippen molar-refractivity contribution < 1.29 is 17.9 Å². The van der Waals surface area contributed by atoms with Gasteiger partial charge in [0, 0.05) is 18.9 Å². The zero-order valence-electron chi connectivity index (χ0n) is 11.9. The van der Waals surface area contributed by atoms with Crippen LogP contribution in [-0.4, -0.2) is 42.0 Å². The fourth-order valence-corrected chi connectivity index (χ4v) is 2.45. The summed E-state index contributed by atoms with van der Waals surface area (Å²) in [4.78, 5) is 15.9. The fourth-order valence-electron chi connectivity index (χ4n) is 1.78. The van der Waals surface area contributed by atoms with E-state index in [9.17, 15) is 13.2 Å². The van der Waals surface area contributed by atoms with Gasteiger partial charge in [-0.15, -0.1) is 5.10 Å². The van der Waals surface area contributed by atoms with Crippen LogP contribution in [0.3, 0.4) is 0 Å². The fraction of sp³-hybridized carbons (Fsp3) is 0.308. The number of hydrogen-bond donors (Lipinski definition) is 0. The largest absolute Gasteiger partial charge is 0.460 e. The molecule has 8 heteroatoms. The minimum absolute atomic E-state index is 0.0564. The Kier molecular flexibility index (Phi) is 4.08. The van der Waals surface area contributed by atoms with Gasteiger partial charge < -0.3 is 4.74 Å². The molecule has 1 aromatic carbocycles. The maximum Gasteiger partial charge on any atom is 0.378 e. The van der Waals surface area contributed by atoms with Crippen molar-refractivity contribution in [3.8, 4) is 11.4 Å². The van der Waals surface area contributed by atoms with Crippen molar-refractivity contribution in [3.05, 3.63) is 30.1 Å². The molecule has 0 saturated carbocycles. The zero-order valence-corrected chi connectivity index (χ0v) is 12.7. The number of hydrogen-bond acceptors (Lipinski definition) is 6. The Labute approximate surface area is 122 Å². The van der Waals surface area contributed by atoms with E-state index in [-0.39, 0.29) is 17.3 Å². The highest BCUT2D eigenvalue weighted by Gasteiger charge is 2.18. The molecule has 0 spiro atoms. The number of nitrogens with zero attached hydrogens (tertiary/aromatic N) is 3. The van der Waals surface area contributed by atoms with Gasteiger partial charge in [-0.2, -0.15) is 0 Å². The van der Waals surface area contributed by atoms with Gasteiger partial charge in [0.25, 0.3) is 5.82 Å². The third-order valence-electron chi connectivity index (χ3n) is 2.74. The Morgan fingerprint density at radius 1 is 1.38 bits per heavy atom. The third kappa shape index (κ3) is 3.27. The van der Waals surface area contributed by atoms with Crippen LogP contribution in [0.25, 0.3) is 11.4 Å². The average molecular weight is 309 g/mol. The van der Waals surface area contributed by atoms with Crippen LogP contribution in [0.4, 0.5) is 0 Å². The molecule has 2 aromatic rings. The monoisotopic (exact) mass is 309 g/mol. The van der Waals surface area contributed by atoms with Crippen molar-refractivity contribution in [2.24, 2.45) is 7.05 Å². The molecular weight excluding hydrogens is 294 g/mol. The van der Waals surface area contributed by atoms with Crippen molar-refractivity contribution in [2.45, 2.75) is 11.8 Å². The molecule has 21 heavy (non-hydrogen) atoms. The maximum absolute atomic E-state index is 11.6. The van der Waals surface area contributed by atoms with Crippen LogP contribution in [0.2, 0.25) is 0 Å². The van der Waals surface area contributed by atoms with Crippen LogP contribution in [0.15, 0.2) is 29.2 Å². The predicted octanol–water partition coefficient (Wildman–Crippen LogP) is 1.06. The van der Waals surface area contributed by atoms with Gasteiger partial charge in [-0.3, -0.25) is 0 Å². The number of benzene rings is 1. The lowest BCUT2D eigenvalue weighted by Crippen LogP contribution is -2.07. The molecule has 0 bridgehead atoms. The van der Waals surface area contributed by atoms with E-state index in [1.165, 1.54) is 16.8 Å². The molecule has 0 amide bonds. The summed E-state index contributed by atoms with van der Waals surface area (Å²) < 4.78 is 29.4. The predicted molar refractivity (Wildman–Crippen MR) is 75.5 cm³/mol. The van der Waals surface area contributed by atoms with Crippen LogP contribution < -0.4 is 0 Å². The molecule has 0 atom stereocenters. The van der Waals surface area contributed by atoms with Crippen molar-refractivity contribution in [3.63, 3.8) is 0 Å². The van der Waals surface area contributed by atoms with Crippen molar-refractivity contribution >= 4 is 15.8 Å². The Bertz CT molecular complexity index is 780. The number of carbonyl (C=O) groups is 1. The number of carbonyl (C=O) groups excluding carboxylic acids is 1. The normalized spacial score (nSPS) is 11.4. The molecule has 2 rings (SSSR count). The molecule has 0 radical (unpaired) electrons. The number of rotatable bonds is 4. The molecule has 0 N–H and O–H groups in total. The van der Waals surface area contributed by atoms with Gasteiger partial charge >= 0.3 is 5.97 Å². The van der Waals surface area contributed by atoms with E-state index in [1.807, 2.05) is 0 Å². The van der Waals surface area contributed by atoms with Crippen LogP contribution in [0.1, 0.15) is 17.5 Å². The minimum atomic E-state index is -3.31. The summed E-state index contributed by atoms with van der Waals surface area (Å²) in [5, 5.41) is 3.98. The zero-order chi connectivity index (χ0) is 15.6. The van der Waals surface area contributed by atoms with E-state index >= 15 is 0 Å². The summed E-state index contributed by atoms with van der Waals surface area (Å²) in [5.41, 5.74) is 0.559. The molecule has 0 aliphatic carbocycles. The first-order valence-electron chi connectivity index (χ1n) is 6.21. The molecule has 0 aliphatic rings. The second-order valence-electron chi connectivity index (χ2n) is 4.40. The van der Waals surface area contributed by atoms with E-state index in [2.05, 4.69) is 10.1 Å². The van der Waals surface area contributed by atoms with E-state index in [4.69, 9.17) is 4.74 Å². The van der Waals surface area contributed by atoms with Crippen LogP contribution in [-0.2, 0) is 21.6 Å². The highest BCUT2D eigenvalue weighted by atomic mass is 32.2. The molecule has 1 heterocycles. The Balaban J connectivity index is 2.46. The quantitative estimate of drug-likeness (QED) is 0.784. The lowest BCUT2D eigenvalue weighted by molar-refractivity contribution is 0.0512.